The van der Waals surface area contributed by atoms with Gasteiger partial charge in [-0.1, -0.05) is 26.0 Å². The summed E-state index contributed by atoms with van der Waals surface area (Å²) in [5.41, 5.74) is 2.46. The first-order valence-corrected chi connectivity index (χ1v) is 7.31. The highest BCUT2D eigenvalue weighted by molar-refractivity contribution is 5.28. The molecule has 20 heavy (non-hydrogen) atoms. The first kappa shape index (κ1) is 14.7. The lowest BCUT2D eigenvalue weighted by molar-refractivity contribution is 0.268. The Morgan fingerprint density at radius 3 is 2.90 bits per heavy atom. The molecule has 1 heterocycles. The molecule has 0 radical (unpaired) electrons. The molecule has 2 rings (SSSR count). The molecule has 0 aliphatic heterocycles. The molecular formula is C17H23NO2. The number of furan rings is 1. The van der Waals surface area contributed by atoms with E-state index in [1.54, 1.807) is 6.26 Å². The van der Waals surface area contributed by atoms with E-state index in [4.69, 9.17) is 9.15 Å². The van der Waals surface area contributed by atoms with Gasteiger partial charge in [0.1, 0.15) is 18.1 Å². The van der Waals surface area contributed by atoms with E-state index in [0.717, 1.165) is 37.4 Å². The Morgan fingerprint density at radius 2 is 2.10 bits per heavy atom. The highest BCUT2D eigenvalue weighted by Crippen LogP contribution is 2.17. The quantitative estimate of drug-likeness (QED) is 0.740. The van der Waals surface area contributed by atoms with Crippen molar-refractivity contribution in [3.05, 3.63) is 53.5 Å². The van der Waals surface area contributed by atoms with E-state index in [1.807, 2.05) is 18.2 Å². The molecule has 3 nitrogen and oxygen atoms in total. The average Bonchev–Trinajstić information content (AvgIpc) is 2.93. The van der Waals surface area contributed by atoms with Gasteiger partial charge < -0.3 is 14.5 Å². The first-order chi connectivity index (χ1) is 9.83. The van der Waals surface area contributed by atoms with E-state index in [9.17, 15) is 0 Å². The van der Waals surface area contributed by atoms with Gasteiger partial charge in [-0.2, -0.15) is 0 Å². The molecule has 3 heteroatoms. The van der Waals surface area contributed by atoms with Gasteiger partial charge >= 0.3 is 0 Å². The number of nitrogens with one attached hydrogen (secondary N) is 1. The van der Waals surface area contributed by atoms with E-state index in [-0.39, 0.29) is 0 Å². The van der Waals surface area contributed by atoms with Crippen molar-refractivity contribution in [3.8, 4) is 5.75 Å². The molecule has 1 aromatic heterocycles. The van der Waals surface area contributed by atoms with Gasteiger partial charge in [-0.3, -0.25) is 0 Å². The van der Waals surface area contributed by atoms with Crippen molar-refractivity contribution >= 4 is 0 Å². The predicted octanol–water partition coefficient (Wildman–Crippen LogP) is 3.92. The minimum Gasteiger partial charge on any atom is -0.486 e. The van der Waals surface area contributed by atoms with E-state index in [1.165, 1.54) is 11.1 Å². The number of rotatable bonds is 8. The highest BCUT2D eigenvalue weighted by Gasteiger charge is 2.07. The van der Waals surface area contributed by atoms with Gasteiger partial charge in [0.15, 0.2) is 0 Å². The van der Waals surface area contributed by atoms with Crippen molar-refractivity contribution < 1.29 is 9.15 Å². The fraction of sp³-hybridized carbons (Fsp3) is 0.412. The third kappa shape index (κ3) is 4.14. The van der Waals surface area contributed by atoms with Crippen LogP contribution in [0, 0.1) is 0 Å². The summed E-state index contributed by atoms with van der Waals surface area (Å²) in [6.45, 7) is 6.63. The van der Waals surface area contributed by atoms with Gasteiger partial charge in [-0.15, -0.1) is 0 Å². The molecule has 1 aromatic carbocycles. The number of hydrogen-bond acceptors (Lipinski definition) is 3. The zero-order valence-corrected chi connectivity index (χ0v) is 12.3. The van der Waals surface area contributed by atoms with Crippen LogP contribution in [0.1, 0.15) is 37.2 Å². The molecular weight excluding hydrogens is 250 g/mol. The van der Waals surface area contributed by atoms with Gasteiger partial charge in [0.25, 0.3) is 0 Å². The Kier molecular flexibility index (Phi) is 5.69. The monoisotopic (exact) mass is 273 g/mol. The molecule has 1 N–H and O–H groups in total. The van der Waals surface area contributed by atoms with Crippen LogP contribution in [0.2, 0.25) is 0 Å². The molecule has 0 atom stereocenters. The summed E-state index contributed by atoms with van der Waals surface area (Å²) >= 11 is 0. The van der Waals surface area contributed by atoms with E-state index < -0.39 is 0 Å². The average molecular weight is 273 g/mol. The van der Waals surface area contributed by atoms with Gasteiger partial charge in [-0.05, 0) is 43.1 Å². The normalized spacial score (nSPS) is 10.7. The molecule has 0 amide bonds. The molecule has 0 fully saturated rings. The first-order valence-electron chi connectivity index (χ1n) is 7.31. The maximum absolute atomic E-state index is 5.82. The van der Waals surface area contributed by atoms with Crippen molar-refractivity contribution in [1.82, 2.24) is 5.32 Å². The molecule has 0 aliphatic carbocycles. The Hall–Kier alpha value is -1.74. The van der Waals surface area contributed by atoms with Gasteiger partial charge in [0.2, 0.25) is 0 Å². The van der Waals surface area contributed by atoms with E-state index in [2.05, 4.69) is 31.3 Å². The number of hydrogen-bond donors (Lipinski definition) is 1. The lowest BCUT2D eigenvalue weighted by Crippen LogP contribution is -2.14. The molecule has 0 bridgehead atoms. The molecule has 0 saturated heterocycles. The molecule has 0 aliphatic rings. The molecule has 0 spiro atoms. The minimum atomic E-state index is 0.476. The SMILES string of the molecule is CCCNCc1ccoc1COc1cccc(CC)c1. The zero-order chi connectivity index (χ0) is 14.2. The summed E-state index contributed by atoms with van der Waals surface area (Å²) in [6.07, 6.45) is 3.88. The van der Waals surface area contributed by atoms with Crippen LogP contribution in [0.25, 0.3) is 0 Å². The van der Waals surface area contributed by atoms with Gasteiger partial charge in [-0.25, -0.2) is 0 Å². The second-order valence-electron chi connectivity index (χ2n) is 4.84. The standard InChI is InChI=1S/C17H23NO2/c1-3-9-18-12-15-8-10-19-17(15)13-20-16-7-5-6-14(4-2)11-16/h5-8,10-11,18H,3-4,9,12-13H2,1-2H3. The topological polar surface area (TPSA) is 34.4 Å². The summed E-state index contributed by atoms with van der Waals surface area (Å²) in [4.78, 5) is 0. The second-order valence-corrected chi connectivity index (χ2v) is 4.84. The molecule has 2 aromatic rings. The van der Waals surface area contributed by atoms with Crippen LogP contribution in [0.4, 0.5) is 0 Å². The van der Waals surface area contributed by atoms with Crippen LogP contribution in [0.3, 0.4) is 0 Å². The number of aryl methyl sites for hydroxylation is 1. The second kappa shape index (κ2) is 7.75. The van der Waals surface area contributed by atoms with Gasteiger partial charge in [0.05, 0.1) is 6.26 Å². The van der Waals surface area contributed by atoms with Crippen molar-refractivity contribution in [2.75, 3.05) is 6.54 Å². The summed E-state index contributed by atoms with van der Waals surface area (Å²) in [6, 6.07) is 10.2. The Morgan fingerprint density at radius 1 is 1.20 bits per heavy atom. The number of benzene rings is 1. The minimum absolute atomic E-state index is 0.476. The highest BCUT2D eigenvalue weighted by atomic mass is 16.5. The maximum atomic E-state index is 5.82. The van der Waals surface area contributed by atoms with Crippen molar-refractivity contribution in [2.24, 2.45) is 0 Å². The van der Waals surface area contributed by atoms with Crippen LogP contribution in [0.5, 0.6) is 5.75 Å². The zero-order valence-electron chi connectivity index (χ0n) is 12.3. The third-order valence-electron chi connectivity index (χ3n) is 3.26. The van der Waals surface area contributed by atoms with E-state index in [0.29, 0.717) is 6.61 Å². The summed E-state index contributed by atoms with van der Waals surface area (Å²) in [5.74, 6) is 1.80. The summed E-state index contributed by atoms with van der Waals surface area (Å²) < 4.78 is 11.3. The maximum Gasteiger partial charge on any atom is 0.146 e. The van der Waals surface area contributed by atoms with Crippen LogP contribution < -0.4 is 10.1 Å². The molecule has 0 unspecified atom stereocenters. The van der Waals surface area contributed by atoms with Crippen molar-refractivity contribution in [3.63, 3.8) is 0 Å². The number of ether oxygens (including phenoxy) is 1. The fourth-order valence-corrected chi connectivity index (χ4v) is 2.06. The lowest BCUT2D eigenvalue weighted by atomic mass is 10.2. The van der Waals surface area contributed by atoms with Crippen LogP contribution in [-0.2, 0) is 19.6 Å². The van der Waals surface area contributed by atoms with Crippen LogP contribution in [-0.4, -0.2) is 6.54 Å². The van der Waals surface area contributed by atoms with Crippen molar-refractivity contribution in [2.45, 2.75) is 39.8 Å². The Bertz CT molecular complexity index is 519. The summed E-state index contributed by atoms with van der Waals surface area (Å²) in [5, 5.41) is 3.38. The molecule has 108 valence electrons. The van der Waals surface area contributed by atoms with Crippen molar-refractivity contribution in [1.29, 1.82) is 0 Å². The molecule has 0 saturated carbocycles. The van der Waals surface area contributed by atoms with Crippen LogP contribution in [0.15, 0.2) is 41.0 Å². The Labute approximate surface area is 121 Å². The fourth-order valence-electron chi connectivity index (χ4n) is 2.06. The Balaban J connectivity index is 1.91. The van der Waals surface area contributed by atoms with Gasteiger partial charge in [0, 0.05) is 12.1 Å². The largest absolute Gasteiger partial charge is 0.486 e. The third-order valence-corrected chi connectivity index (χ3v) is 3.26. The van der Waals surface area contributed by atoms with Crippen LogP contribution >= 0.6 is 0 Å². The summed E-state index contributed by atoms with van der Waals surface area (Å²) in [7, 11) is 0. The smallest absolute Gasteiger partial charge is 0.146 e. The lowest BCUT2D eigenvalue weighted by Gasteiger charge is -2.08. The predicted molar refractivity (Wildman–Crippen MR) is 80.9 cm³/mol. The van der Waals surface area contributed by atoms with E-state index >= 15 is 0 Å².